The zero-order valence-electron chi connectivity index (χ0n) is 12.7. The fraction of sp³-hybridized carbons (Fsp3) is 0.188. The Hall–Kier alpha value is -3.09. The minimum absolute atomic E-state index is 0.201. The van der Waals surface area contributed by atoms with Crippen LogP contribution in [0.15, 0.2) is 41.0 Å². The molecule has 2 rings (SSSR count). The number of carbonyl (C=O) groups is 3. The molecule has 2 aromatic rings. The normalized spacial score (nSPS) is 10.0. The molecule has 0 saturated heterocycles. The van der Waals surface area contributed by atoms with Gasteiger partial charge in [0.15, 0.2) is 0 Å². The summed E-state index contributed by atoms with van der Waals surface area (Å²) in [6.45, 7) is 1.50. The van der Waals surface area contributed by atoms with Crippen molar-refractivity contribution in [1.82, 2.24) is 5.32 Å². The summed E-state index contributed by atoms with van der Waals surface area (Å²) in [5.41, 5.74) is 1.36. The second kappa shape index (κ2) is 7.26. The van der Waals surface area contributed by atoms with E-state index in [1.165, 1.54) is 13.4 Å². The summed E-state index contributed by atoms with van der Waals surface area (Å²) in [6.07, 6.45) is 1.44. The highest BCUT2D eigenvalue weighted by atomic mass is 16.5. The molecule has 0 saturated carbocycles. The van der Waals surface area contributed by atoms with Crippen molar-refractivity contribution in [3.63, 3.8) is 0 Å². The molecule has 120 valence electrons. The highest BCUT2D eigenvalue weighted by molar-refractivity contribution is 6.05. The predicted octanol–water partition coefficient (Wildman–Crippen LogP) is 1.74. The van der Waals surface area contributed by atoms with Crippen molar-refractivity contribution in [1.29, 1.82) is 0 Å². The van der Waals surface area contributed by atoms with Crippen LogP contribution in [0.2, 0.25) is 0 Å². The van der Waals surface area contributed by atoms with E-state index in [1.807, 2.05) is 0 Å². The van der Waals surface area contributed by atoms with E-state index < -0.39 is 11.9 Å². The smallest absolute Gasteiger partial charge is 0.325 e. The summed E-state index contributed by atoms with van der Waals surface area (Å²) >= 11 is 0. The molecule has 2 N–H and O–H groups in total. The lowest BCUT2D eigenvalue weighted by Crippen LogP contribution is -2.30. The molecule has 0 aliphatic rings. The lowest BCUT2D eigenvalue weighted by Gasteiger charge is -2.07. The summed E-state index contributed by atoms with van der Waals surface area (Å²) < 4.78 is 9.51. The van der Waals surface area contributed by atoms with Crippen molar-refractivity contribution >= 4 is 23.5 Å². The van der Waals surface area contributed by atoms with Crippen LogP contribution in [0.25, 0.3) is 0 Å². The van der Waals surface area contributed by atoms with Gasteiger partial charge < -0.3 is 19.8 Å². The number of anilines is 1. The van der Waals surface area contributed by atoms with E-state index in [0.29, 0.717) is 22.6 Å². The Bertz CT molecular complexity index is 718. The van der Waals surface area contributed by atoms with Crippen LogP contribution in [-0.2, 0) is 9.53 Å². The predicted molar refractivity (Wildman–Crippen MR) is 82.2 cm³/mol. The van der Waals surface area contributed by atoms with Gasteiger partial charge in [-0.2, -0.15) is 0 Å². The number of nitrogens with one attached hydrogen (secondary N) is 2. The second-order valence-electron chi connectivity index (χ2n) is 4.68. The van der Waals surface area contributed by atoms with Crippen LogP contribution in [0.4, 0.5) is 5.69 Å². The summed E-state index contributed by atoms with van der Waals surface area (Å²) in [5, 5.41) is 5.13. The van der Waals surface area contributed by atoms with E-state index in [1.54, 1.807) is 37.3 Å². The van der Waals surface area contributed by atoms with Gasteiger partial charge in [0.25, 0.3) is 11.8 Å². The number of furan rings is 1. The largest absolute Gasteiger partial charge is 0.469 e. The first-order valence-electron chi connectivity index (χ1n) is 6.82. The lowest BCUT2D eigenvalue weighted by molar-refractivity contribution is -0.139. The number of carbonyl (C=O) groups excluding carboxylic acids is 3. The fourth-order valence-electron chi connectivity index (χ4n) is 1.85. The van der Waals surface area contributed by atoms with Gasteiger partial charge >= 0.3 is 5.97 Å². The van der Waals surface area contributed by atoms with Crippen molar-refractivity contribution in [2.75, 3.05) is 19.0 Å². The van der Waals surface area contributed by atoms with Crippen molar-refractivity contribution in [2.45, 2.75) is 6.92 Å². The van der Waals surface area contributed by atoms with Crippen LogP contribution < -0.4 is 10.6 Å². The van der Waals surface area contributed by atoms with Gasteiger partial charge in [-0.3, -0.25) is 14.4 Å². The Labute approximate surface area is 132 Å². The number of hydrogen-bond acceptors (Lipinski definition) is 5. The molecule has 1 aromatic heterocycles. The maximum Gasteiger partial charge on any atom is 0.325 e. The Morgan fingerprint density at radius 3 is 2.35 bits per heavy atom. The standard InChI is InChI=1S/C16H16N2O5/c1-10-13(7-8-23-10)16(21)18-12-5-3-11(4-6-12)15(20)17-9-14(19)22-2/h3-8H,9H2,1-2H3,(H,17,20)(H,18,21). The zero-order chi connectivity index (χ0) is 16.8. The van der Waals surface area contributed by atoms with Crippen LogP contribution >= 0.6 is 0 Å². The molecule has 0 radical (unpaired) electrons. The van der Waals surface area contributed by atoms with Crippen molar-refractivity contribution in [3.8, 4) is 0 Å². The molecule has 2 amide bonds. The number of amides is 2. The Morgan fingerprint density at radius 1 is 1.09 bits per heavy atom. The third kappa shape index (κ3) is 4.19. The summed E-state index contributed by atoms with van der Waals surface area (Å²) in [5.74, 6) is -0.697. The summed E-state index contributed by atoms with van der Waals surface area (Å²) in [6, 6.07) is 7.87. The minimum atomic E-state index is -0.530. The molecule has 0 spiro atoms. The van der Waals surface area contributed by atoms with E-state index in [0.717, 1.165) is 0 Å². The van der Waals surface area contributed by atoms with E-state index in [2.05, 4.69) is 15.4 Å². The van der Waals surface area contributed by atoms with Gasteiger partial charge in [-0.25, -0.2) is 0 Å². The molecule has 7 nitrogen and oxygen atoms in total. The number of benzene rings is 1. The SMILES string of the molecule is COC(=O)CNC(=O)c1ccc(NC(=O)c2ccoc2C)cc1. The Kier molecular flexibility index (Phi) is 5.14. The number of rotatable bonds is 5. The van der Waals surface area contributed by atoms with Gasteiger partial charge in [0.05, 0.1) is 18.9 Å². The molecule has 0 bridgehead atoms. The van der Waals surface area contributed by atoms with Gasteiger partial charge in [-0.1, -0.05) is 0 Å². The van der Waals surface area contributed by atoms with E-state index in [9.17, 15) is 14.4 Å². The first kappa shape index (κ1) is 16.3. The zero-order valence-corrected chi connectivity index (χ0v) is 12.7. The maximum absolute atomic E-state index is 12.0. The number of aryl methyl sites for hydroxylation is 1. The van der Waals surface area contributed by atoms with Crippen LogP contribution in [0, 0.1) is 6.92 Å². The monoisotopic (exact) mass is 316 g/mol. The molecule has 1 aromatic carbocycles. The molecule has 0 fully saturated rings. The number of methoxy groups -OCH3 is 1. The Morgan fingerprint density at radius 2 is 1.78 bits per heavy atom. The minimum Gasteiger partial charge on any atom is -0.469 e. The highest BCUT2D eigenvalue weighted by Crippen LogP contribution is 2.14. The van der Waals surface area contributed by atoms with Crippen LogP contribution in [0.3, 0.4) is 0 Å². The van der Waals surface area contributed by atoms with Crippen molar-refractivity contribution in [3.05, 3.63) is 53.5 Å². The first-order chi connectivity index (χ1) is 11.0. The molecule has 23 heavy (non-hydrogen) atoms. The quantitative estimate of drug-likeness (QED) is 0.819. The average molecular weight is 316 g/mol. The fourth-order valence-corrected chi connectivity index (χ4v) is 1.85. The molecule has 7 heteroatoms. The maximum atomic E-state index is 12.0. The summed E-state index contributed by atoms with van der Waals surface area (Å²) in [4.78, 5) is 34.8. The average Bonchev–Trinajstić information content (AvgIpc) is 2.99. The second-order valence-corrected chi connectivity index (χ2v) is 4.68. The van der Waals surface area contributed by atoms with E-state index in [-0.39, 0.29) is 12.5 Å². The van der Waals surface area contributed by atoms with Crippen LogP contribution in [0.5, 0.6) is 0 Å². The molecule has 0 atom stereocenters. The molecular weight excluding hydrogens is 300 g/mol. The third-order valence-corrected chi connectivity index (χ3v) is 3.13. The van der Waals surface area contributed by atoms with Gasteiger partial charge in [0.2, 0.25) is 0 Å². The van der Waals surface area contributed by atoms with Gasteiger partial charge in [-0.05, 0) is 37.3 Å². The van der Waals surface area contributed by atoms with Crippen molar-refractivity contribution in [2.24, 2.45) is 0 Å². The molecule has 0 aliphatic carbocycles. The topological polar surface area (TPSA) is 97.6 Å². The number of hydrogen-bond donors (Lipinski definition) is 2. The number of esters is 1. The van der Waals surface area contributed by atoms with Crippen molar-refractivity contribution < 1.29 is 23.5 Å². The third-order valence-electron chi connectivity index (χ3n) is 3.13. The lowest BCUT2D eigenvalue weighted by atomic mass is 10.2. The first-order valence-corrected chi connectivity index (χ1v) is 6.82. The van der Waals surface area contributed by atoms with E-state index in [4.69, 9.17) is 4.42 Å². The molecule has 0 aliphatic heterocycles. The number of ether oxygens (including phenoxy) is 1. The molecule has 0 unspecified atom stereocenters. The van der Waals surface area contributed by atoms with Gasteiger partial charge in [0, 0.05) is 11.3 Å². The van der Waals surface area contributed by atoms with Crippen LogP contribution in [0.1, 0.15) is 26.5 Å². The van der Waals surface area contributed by atoms with Gasteiger partial charge in [0.1, 0.15) is 12.3 Å². The molecule has 1 heterocycles. The Balaban J connectivity index is 1.97. The van der Waals surface area contributed by atoms with Gasteiger partial charge in [-0.15, -0.1) is 0 Å². The van der Waals surface area contributed by atoms with Crippen LogP contribution in [-0.4, -0.2) is 31.4 Å². The molecular formula is C16H16N2O5. The summed E-state index contributed by atoms with van der Waals surface area (Å²) in [7, 11) is 1.24. The highest BCUT2D eigenvalue weighted by Gasteiger charge is 2.12. The van der Waals surface area contributed by atoms with E-state index >= 15 is 0 Å².